The lowest BCUT2D eigenvalue weighted by Crippen LogP contribution is -2.26. The molecule has 4 rings (SSSR count). The third kappa shape index (κ3) is 3.87. The minimum absolute atomic E-state index is 0.154. The number of aryl methyl sites for hydroxylation is 1. The Hall–Kier alpha value is -3.25. The summed E-state index contributed by atoms with van der Waals surface area (Å²) in [7, 11) is 0. The molecular weight excluding hydrogens is 376 g/mol. The second-order valence-corrected chi connectivity index (χ2v) is 6.79. The molecule has 4 aromatic rings. The smallest absolute Gasteiger partial charge is 0.252 e. The Morgan fingerprint density at radius 3 is 2.71 bits per heavy atom. The molecule has 6 nitrogen and oxygen atoms in total. The first-order chi connectivity index (χ1) is 13.6. The van der Waals surface area contributed by atoms with E-state index in [1.165, 1.54) is 0 Å². The number of halogens is 1. The number of amides is 1. The number of rotatable bonds is 5. The first-order valence-corrected chi connectivity index (χ1v) is 9.21. The van der Waals surface area contributed by atoms with Gasteiger partial charge in [0.1, 0.15) is 0 Å². The molecule has 0 fully saturated rings. The summed E-state index contributed by atoms with van der Waals surface area (Å²) in [4.78, 5) is 21.5. The van der Waals surface area contributed by atoms with Crippen molar-refractivity contribution in [2.24, 2.45) is 0 Å². The molecule has 0 atom stereocenters. The Kier molecular flexibility index (Phi) is 5.04. The van der Waals surface area contributed by atoms with Crippen LogP contribution in [0.5, 0.6) is 0 Å². The highest BCUT2D eigenvalue weighted by molar-refractivity contribution is 6.30. The van der Waals surface area contributed by atoms with Crippen molar-refractivity contribution >= 4 is 28.4 Å². The first-order valence-electron chi connectivity index (χ1n) is 8.83. The van der Waals surface area contributed by atoms with Gasteiger partial charge < -0.3 is 9.84 Å². The van der Waals surface area contributed by atoms with Gasteiger partial charge in [-0.15, -0.1) is 0 Å². The number of fused-ring (bicyclic) bond motifs is 1. The average Bonchev–Trinajstić information content (AvgIpc) is 3.16. The summed E-state index contributed by atoms with van der Waals surface area (Å²) < 4.78 is 5.27. The fourth-order valence-electron chi connectivity index (χ4n) is 2.95. The zero-order chi connectivity index (χ0) is 19.5. The quantitative estimate of drug-likeness (QED) is 0.550. The van der Waals surface area contributed by atoms with Crippen molar-refractivity contribution in [1.29, 1.82) is 0 Å². The van der Waals surface area contributed by atoms with Gasteiger partial charge in [0.2, 0.25) is 11.7 Å². The summed E-state index contributed by atoms with van der Waals surface area (Å²) in [6, 6.07) is 16.6. The Balaban J connectivity index is 1.42. The van der Waals surface area contributed by atoms with Crippen LogP contribution in [0, 0.1) is 6.92 Å². The monoisotopic (exact) mass is 392 g/mol. The van der Waals surface area contributed by atoms with Crippen LogP contribution in [0.25, 0.3) is 22.3 Å². The molecule has 0 aliphatic rings. The van der Waals surface area contributed by atoms with Crippen LogP contribution < -0.4 is 5.32 Å². The number of carbonyl (C=O) groups excluding carboxylic acids is 1. The molecule has 2 aromatic heterocycles. The van der Waals surface area contributed by atoms with Crippen molar-refractivity contribution in [3.8, 4) is 11.4 Å². The third-order valence-electron chi connectivity index (χ3n) is 4.28. The fourth-order valence-corrected chi connectivity index (χ4v) is 3.07. The van der Waals surface area contributed by atoms with Crippen LogP contribution in [0.2, 0.25) is 5.02 Å². The number of benzene rings is 2. The van der Waals surface area contributed by atoms with Crippen LogP contribution in [0.15, 0.2) is 59.1 Å². The third-order valence-corrected chi connectivity index (χ3v) is 4.54. The van der Waals surface area contributed by atoms with E-state index in [9.17, 15) is 4.79 Å². The minimum Gasteiger partial charge on any atom is -0.351 e. The summed E-state index contributed by atoms with van der Waals surface area (Å²) in [5, 5.41) is 8.36. The van der Waals surface area contributed by atoms with Crippen LogP contribution in [0.3, 0.4) is 0 Å². The molecule has 7 heteroatoms. The molecule has 0 radical (unpaired) electrons. The van der Waals surface area contributed by atoms with Gasteiger partial charge in [-0.2, -0.15) is 4.98 Å². The number of aromatic nitrogens is 3. The topological polar surface area (TPSA) is 80.9 Å². The fraction of sp³-hybridized carbons (Fsp3) is 0.143. The van der Waals surface area contributed by atoms with Crippen molar-refractivity contribution in [1.82, 2.24) is 20.4 Å². The van der Waals surface area contributed by atoms with Crippen molar-refractivity contribution < 1.29 is 9.32 Å². The van der Waals surface area contributed by atoms with Gasteiger partial charge in [-0.1, -0.05) is 35.0 Å². The zero-order valence-corrected chi connectivity index (χ0v) is 15.9. The Morgan fingerprint density at radius 1 is 1.11 bits per heavy atom. The molecule has 0 bridgehead atoms. The van der Waals surface area contributed by atoms with Crippen LogP contribution in [-0.2, 0) is 6.42 Å². The van der Waals surface area contributed by atoms with Gasteiger partial charge >= 0.3 is 0 Å². The standard InChI is InChI=1S/C21H17ClN4O2/c1-13-12-17(16-4-2-3-5-18(16)24-13)21(27)23-11-10-19-25-20(26-28-19)14-6-8-15(22)9-7-14/h2-9,12H,10-11H2,1H3,(H,23,27). The van der Waals surface area contributed by atoms with E-state index < -0.39 is 0 Å². The molecule has 0 saturated carbocycles. The lowest BCUT2D eigenvalue weighted by Gasteiger charge is -2.08. The van der Waals surface area contributed by atoms with Gasteiger partial charge in [-0.25, -0.2) is 0 Å². The molecule has 0 aliphatic carbocycles. The molecule has 28 heavy (non-hydrogen) atoms. The van der Waals surface area contributed by atoms with E-state index in [2.05, 4.69) is 20.4 Å². The lowest BCUT2D eigenvalue weighted by atomic mass is 10.1. The summed E-state index contributed by atoms with van der Waals surface area (Å²) in [5.74, 6) is 0.800. The van der Waals surface area contributed by atoms with Crippen LogP contribution in [0.4, 0.5) is 0 Å². The highest BCUT2D eigenvalue weighted by Gasteiger charge is 2.13. The normalized spacial score (nSPS) is 10.9. The maximum atomic E-state index is 12.6. The molecular formula is C21H17ClN4O2. The van der Waals surface area contributed by atoms with E-state index in [0.29, 0.717) is 35.3 Å². The zero-order valence-electron chi connectivity index (χ0n) is 15.1. The summed E-state index contributed by atoms with van der Waals surface area (Å²) >= 11 is 5.89. The maximum Gasteiger partial charge on any atom is 0.252 e. The molecule has 1 N–H and O–H groups in total. The van der Waals surface area contributed by atoms with E-state index in [0.717, 1.165) is 22.2 Å². The van der Waals surface area contributed by atoms with Crippen LogP contribution in [-0.4, -0.2) is 27.6 Å². The van der Waals surface area contributed by atoms with Crippen molar-refractivity contribution in [2.75, 3.05) is 6.54 Å². The van der Waals surface area contributed by atoms with Gasteiger partial charge in [-0.3, -0.25) is 9.78 Å². The summed E-state index contributed by atoms with van der Waals surface area (Å²) in [5.41, 5.74) is 3.03. The Labute approximate surface area is 166 Å². The van der Waals surface area contributed by atoms with Crippen LogP contribution in [0.1, 0.15) is 21.9 Å². The number of para-hydroxylation sites is 1. The molecule has 0 saturated heterocycles. The number of hydrogen-bond donors (Lipinski definition) is 1. The predicted molar refractivity (Wildman–Crippen MR) is 107 cm³/mol. The summed E-state index contributed by atoms with van der Waals surface area (Å²) in [6.07, 6.45) is 0.439. The number of carbonyl (C=O) groups is 1. The van der Waals surface area contributed by atoms with E-state index in [1.54, 1.807) is 18.2 Å². The van der Waals surface area contributed by atoms with Crippen molar-refractivity contribution in [3.05, 3.63) is 76.8 Å². The van der Waals surface area contributed by atoms with Gasteiger partial charge in [0, 0.05) is 34.6 Å². The van der Waals surface area contributed by atoms with E-state index in [-0.39, 0.29) is 5.91 Å². The number of nitrogens with zero attached hydrogens (tertiary/aromatic N) is 3. The summed E-state index contributed by atoms with van der Waals surface area (Å²) in [6.45, 7) is 2.26. The van der Waals surface area contributed by atoms with E-state index in [1.807, 2.05) is 43.3 Å². The predicted octanol–water partition coefficient (Wildman–Crippen LogP) is 4.22. The molecule has 2 heterocycles. The Bertz CT molecular complexity index is 1140. The molecule has 140 valence electrons. The van der Waals surface area contributed by atoms with Crippen molar-refractivity contribution in [2.45, 2.75) is 13.3 Å². The molecule has 0 spiro atoms. The molecule has 2 aromatic carbocycles. The second kappa shape index (κ2) is 7.78. The number of pyridine rings is 1. The Morgan fingerprint density at radius 2 is 1.89 bits per heavy atom. The minimum atomic E-state index is -0.154. The SMILES string of the molecule is Cc1cc(C(=O)NCCc2nc(-c3ccc(Cl)cc3)no2)c2ccccc2n1. The van der Waals surface area contributed by atoms with Crippen LogP contribution >= 0.6 is 11.6 Å². The highest BCUT2D eigenvalue weighted by Crippen LogP contribution is 2.19. The van der Waals surface area contributed by atoms with Gasteiger partial charge in [0.05, 0.1) is 11.1 Å². The van der Waals surface area contributed by atoms with Gasteiger partial charge in [0.15, 0.2) is 0 Å². The molecule has 0 aliphatic heterocycles. The average molecular weight is 393 g/mol. The van der Waals surface area contributed by atoms with Gasteiger partial charge in [0.25, 0.3) is 5.91 Å². The molecule has 0 unspecified atom stereocenters. The highest BCUT2D eigenvalue weighted by atomic mass is 35.5. The second-order valence-electron chi connectivity index (χ2n) is 6.35. The number of hydrogen-bond acceptors (Lipinski definition) is 5. The number of nitrogens with one attached hydrogen (secondary N) is 1. The first kappa shape index (κ1) is 18.1. The van der Waals surface area contributed by atoms with E-state index in [4.69, 9.17) is 16.1 Å². The van der Waals surface area contributed by atoms with Crippen molar-refractivity contribution in [3.63, 3.8) is 0 Å². The van der Waals surface area contributed by atoms with Gasteiger partial charge in [-0.05, 0) is 43.3 Å². The maximum absolute atomic E-state index is 12.6. The molecule has 1 amide bonds. The largest absolute Gasteiger partial charge is 0.351 e. The lowest BCUT2D eigenvalue weighted by molar-refractivity contribution is 0.0955. The van der Waals surface area contributed by atoms with E-state index >= 15 is 0 Å².